The molecule has 2 aromatic rings. The van der Waals surface area contributed by atoms with Crippen LogP contribution in [0.3, 0.4) is 0 Å². The molecule has 2 rings (SSSR count). The van der Waals surface area contributed by atoms with Crippen molar-refractivity contribution in [2.24, 2.45) is 5.73 Å². The van der Waals surface area contributed by atoms with E-state index in [0.717, 1.165) is 15.6 Å². The molecule has 0 saturated carbocycles. The Morgan fingerprint density at radius 1 is 1.17 bits per heavy atom. The number of halogens is 1. The first kappa shape index (κ1) is 12.3. The van der Waals surface area contributed by atoms with Crippen molar-refractivity contribution in [2.45, 2.75) is 0 Å². The van der Waals surface area contributed by atoms with Crippen LogP contribution in [-0.2, 0) is 0 Å². The molecule has 0 spiro atoms. The first-order valence-corrected chi connectivity index (χ1v) is 6.08. The highest BCUT2D eigenvalue weighted by molar-refractivity contribution is 9.10. The maximum Gasteiger partial charge on any atom is 0.102 e. The summed E-state index contributed by atoms with van der Waals surface area (Å²) in [7, 11) is 0. The molecule has 3 nitrogen and oxygen atoms in total. The van der Waals surface area contributed by atoms with Gasteiger partial charge in [0.2, 0.25) is 0 Å². The molecule has 0 radical (unpaired) electrons. The van der Waals surface area contributed by atoms with Gasteiger partial charge >= 0.3 is 0 Å². The second-order valence-corrected chi connectivity index (χ2v) is 4.56. The number of pyridine rings is 1. The fourth-order valence-corrected chi connectivity index (χ4v) is 2.00. The van der Waals surface area contributed by atoms with Crippen molar-refractivity contribution in [3.8, 4) is 6.07 Å². The Labute approximate surface area is 114 Å². The van der Waals surface area contributed by atoms with Crippen LogP contribution < -0.4 is 5.73 Å². The summed E-state index contributed by atoms with van der Waals surface area (Å²) in [6, 6.07) is 13.2. The van der Waals surface area contributed by atoms with Crippen LogP contribution in [0.5, 0.6) is 0 Å². The molecule has 4 heteroatoms. The number of nitrogens with two attached hydrogens (primary N) is 1. The summed E-state index contributed by atoms with van der Waals surface area (Å²) >= 11 is 3.39. The van der Waals surface area contributed by atoms with Gasteiger partial charge in [0.05, 0.1) is 11.3 Å². The lowest BCUT2D eigenvalue weighted by Gasteiger charge is -2.06. The predicted molar refractivity (Wildman–Crippen MR) is 75.0 cm³/mol. The average molecular weight is 300 g/mol. The third kappa shape index (κ3) is 2.58. The molecule has 0 aliphatic carbocycles. The normalized spacial score (nSPS) is 11.6. The van der Waals surface area contributed by atoms with Gasteiger partial charge in [0.15, 0.2) is 0 Å². The largest absolute Gasteiger partial charge is 0.397 e. The molecule has 0 bridgehead atoms. The molecule has 0 unspecified atom stereocenters. The molecule has 18 heavy (non-hydrogen) atoms. The van der Waals surface area contributed by atoms with Gasteiger partial charge in [-0.1, -0.05) is 28.1 Å². The number of aromatic nitrogens is 1. The number of hydrogen-bond donors (Lipinski definition) is 1. The number of nitrogens with zero attached hydrogens (tertiary/aromatic N) is 2. The Hall–Kier alpha value is -2.12. The van der Waals surface area contributed by atoms with Gasteiger partial charge in [0, 0.05) is 16.9 Å². The molecule has 2 N–H and O–H groups in total. The van der Waals surface area contributed by atoms with Gasteiger partial charge in [-0.25, -0.2) is 0 Å². The van der Waals surface area contributed by atoms with Gasteiger partial charge in [-0.05, 0) is 35.4 Å². The summed E-state index contributed by atoms with van der Waals surface area (Å²) < 4.78 is 0.926. The fourth-order valence-electron chi connectivity index (χ4n) is 1.60. The van der Waals surface area contributed by atoms with E-state index in [-0.39, 0.29) is 0 Å². The molecule has 1 aromatic carbocycles. The Balaban J connectivity index is 2.55. The lowest BCUT2D eigenvalue weighted by molar-refractivity contribution is 1.32. The Morgan fingerprint density at radius 2 is 1.89 bits per heavy atom. The van der Waals surface area contributed by atoms with E-state index in [0.29, 0.717) is 11.3 Å². The standard InChI is InChI=1S/C14H10BrN3/c15-12-3-1-2-11(8-12)14(17)13(9-16)10-4-6-18-7-5-10/h1-8H,17H2/b14-13-. The van der Waals surface area contributed by atoms with Crippen molar-refractivity contribution < 1.29 is 0 Å². The molecule has 0 aliphatic rings. The highest BCUT2D eigenvalue weighted by atomic mass is 79.9. The van der Waals surface area contributed by atoms with E-state index >= 15 is 0 Å². The van der Waals surface area contributed by atoms with Crippen LogP contribution in [-0.4, -0.2) is 4.98 Å². The van der Waals surface area contributed by atoms with Gasteiger partial charge in [-0.2, -0.15) is 5.26 Å². The number of hydrogen-bond acceptors (Lipinski definition) is 3. The Kier molecular flexibility index (Phi) is 3.75. The van der Waals surface area contributed by atoms with Crippen LogP contribution in [0.25, 0.3) is 11.3 Å². The zero-order chi connectivity index (χ0) is 13.0. The van der Waals surface area contributed by atoms with E-state index in [1.807, 2.05) is 24.3 Å². The molecule has 0 atom stereocenters. The van der Waals surface area contributed by atoms with Crippen LogP contribution >= 0.6 is 15.9 Å². The number of nitriles is 1. The van der Waals surface area contributed by atoms with Gasteiger partial charge in [-0.15, -0.1) is 0 Å². The summed E-state index contributed by atoms with van der Waals surface area (Å²) in [5.74, 6) is 0. The van der Waals surface area contributed by atoms with Crippen LogP contribution in [0.2, 0.25) is 0 Å². The van der Waals surface area contributed by atoms with Crippen molar-refractivity contribution in [1.82, 2.24) is 4.98 Å². The highest BCUT2D eigenvalue weighted by Gasteiger charge is 2.08. The summed E-state index contributed by atoms with van der Waals surface area (Å²) in [5.41, 5.74) is 8.57. The highest BCUT2D eigenvalue weighted by Crippen LogP contribution is 2.23. The summed E-state index contributed by atoms with van der Waals surface area (Å²) in [4.78, 5) is 3.93. The maximum absolute atomic E-state index is 9.26. The van der Waals surface area contributed by atoms with Crippen molar-refractivity contribution in [2.75, 3.05) is 0 Å². The molecule has 1 heterocycles. The molecule has 0 aliphatic heterocycles. The molecule has 88 valence electrons. The van der Waals surface area contributed by atoms with Crippen LogP contribution in [0, 0.1) is 11.3 Å². The van der Waals surface area contributed by atoms with Crippen molar-refractivity contribution >= 4 is 27.2 Å². The van der Waals surface area contributed by atoms with Crippen LogP contribution in [0.1, 0.15) is 11.1 Å². The van der Waals surface area contributed by atoms with Crippen molar-refractivity contribution in [3.63, 3.8) is 0 Å². The fraction of sp³-hybridized carbons (Fsp3) is 0. The molecular formula is C14H10BrN3. The summed E-state index contributed by atoms with van der Waals surface area (Å²) in [6.07, 6.45) is 3.28. The molecule has 1 aromatic heterocycles. The van der Waals surface area contributed by atoms with E-state index in [1.54, 1.807) is 24.5 Å². The van der Waals surface area contributed by atoms with E-state index in [9.17, 15) is 5.26 Å². The van der Waals surface area contributed by atoms with E-state index in [4.69, 9.17) is 5.73 Å². The lowest BCUT2D eigenvalue weighted by atomic mass is 10.0. The minimum Gasteiger partial charge on any atom is -0.397 e. The van der Waals surface area contributed by atoms with Gasteiger partial charge < -0.3 is 5.73 Å². The van der Waals surface area contributed by atoms with Crippen molar-refractivity contribution in [3.05, 3.63) is 64.4 Å². The lowest BCUT2D eigenvalue weighted by Crippen LogP contribution is -2.00. The van der Waals surface area contributed by atoms with Gasteiger partial charge in [0.1, 0.15) is 6.07 Å². The molecular weight excluding hydrogens is 290 g/mol. The first-order chi connectivity index (χ1) is 8.72. The summed E-state index contributed by atoms with van der Waals surface area (Å²) in [6.45, 7) is 0. The smallest absolute Gasteiger partial charge is 0.102 e. The van der Waals surface area contributed by atoms with Crippen LogP contribution in [0.4, 0.5) is 0 Å². The monoisotopic (exact) mass is 299 g/mol. The van der Waals surface area contributed by atoms with Crippen LogP contribution in [0.15, 0.2) is 53.3 Å². The van der Waals surface area contributed by atoms with Crippen molar-refractivity contribution in [1.29, 1.82) is 5.26 Å². The molecule has 0 saturated heterocycles. The Bertz CT molecular complexity index is 627. The SMILES string of the molecule is N#C/C(=C(/N)c1cccc(Br)c1)c1ccncc1. The molecule has 0 amide bonds. The number of rotatable bonds is 2. The van der Waals surface area contributed by atoms with Gasteiger partial charge in [-0.3, -0.25) is 4.98 Å². The minimum atomic E-state index is 0.454. The maximum atomic E-state index is 9.26. The zero-order valence-electron chi connectivity index (χ0n) is 9.47. The minimum absolute atomic E-state index is 0.454. The number of allylic oxidation sites excluding steroid dienone is 1. The third-order valence-electron chi connectivity index (χ3n) is 2.49. The predicted octanol–water partition coefficient (Wildman–Crippen LogP) is 3.19. The Morgan fingerprint density at radius 3 is 2.50 bits per heavy atom. The second kappa shape index (κ2) is 5.48. The molecule has 0 fully saturated rings. The first-order valence-electron chi connectivity index (χ1n) is 5.28. The van der Waals surface area contributed by atoms with E-state index in [1.165, 1.54) is 0 Å². The average Bonchev–Trinajstić information content (AvgIpc) is 2.41. The zero-order valence-corrected chi connectivity index (χ0v) is 11.1. The summed E-state index contributed by atoms with van der Waals surface area (Å²) in [5, 5.41) is 9.26. The third-order valence-corrected chi connectivity index (χ3v) is 2.98. The topological polar surface area (TPSA) is 62.7 Å². The number of benzene rings is 1. The van der Waals surface area contributed by atoms with E-state index < -0.39 is 0 Å². The quantitative estimate of drug-likeness (QED) is 0.866. The second-order valence-electron chi connectivity index (χ2n) is 3.65. The van der Waals surface area contributed by atoms with Gasteiger partial charge in [0.25, 0.3) is 0 Å². The van der Waals surface area contributed by atoms with E-state index in [2.05, 4.69) is 27.0 Å².